The second kappa shape index (κ2) is 6.04. The molecule has 1 aromatic heterocycles. The Bertz CT molecular complexity index is 690. The minimum absolute atomic E-state index is 0.319. The van der Waals surface area contributed by atoms with Crippen LogP contribution in [0.15, 0.2) is 28.7 Å². The number of hydrogen-bond acceptors (Lipinski definition) is 3. The fourth-order valence-corrected chi connectivity index (χ4v) is 5.07. The van der Waals surface area contributed by atoms with Crippen LogP contribution in [0.2, 0.25) is 0 Å². The van der Waals surface area contributed by atoms with Gasteiger partial charge < -0.3 is 5.32 Å². The van der Waals surface area contributed by atoms with Crippen molar-refractivity contribution in [2.75, 3.05) is 5.32 Å². The molecule has 1 aliphatic carbocycles. The number of hydrogen-bond donors (Lipinski definition) is 1. The summed E-state index contributed by atoms with van der Waals surface area (Å²) >= 11 is 7.76. The third-order valence-electron chi connectivity index (χ3n) is 3.52. The molecular formula is C15H12BrIN2S. The lowest BCUT2D eigenvalue weighted by atomic mass is 9.93. The molecule has 102 valence electrons. The maximum absolute atomic E-state index is 9.23. The third kappa shape index (κ3) is 2.87. The number of anilines is 1. The quantitative estimate of drug-likeness (QED) is 0.605. The molecule has 2 aromatic rings. The molecular weight excluding hydrogens is 447 g/mol. The molecule has 2 nitrogen and oxygen atoms in total. The van der Waals surface area contributed by atoms with Crippen LogP contribution in [0, 0.1) is 14.2 Å². The number of aryl methyl sites for hydroxylation is 1. The molecule has 1 N–H and O–H groups in total. The molecule has 1 heterocycles. The number of nitrogens with zero attached hydrogens (tertiary/aromatic N) is 1. The first-order valence-electron chi connectivity index (χ1n) is 6.41. The zero-order chi connectivity index (χ0) is 14.1. The van der Waals surface area contributed by atoms with E-state index in [1.165, 1.54) is 26.2 Å². The number of benzene rings is 1. The van der Waals surface area contributed by atoms with E-state index in [4.69, 9.17) is 0 Å². The molecule has 0 aliphatic heterocycles. The van der Waals surface area contributed by atoms with Gasteiger partial charge in [-0.15, -0.1) is 11.3 Å². The fraction of sp³-hybridized carbons (Fsp3) is 0.267. The van der Waals surface area contributed by atoms with Crippen LogP contribution in [0.3, 0.4) is 0 Å². The van der Waals surface area contributed by atoms with Gasteiger partial charge in [0.25, 0.3) is 0 Å². The van der Waals surface area contributed by atoms with Crippen molar-refractivity contribution in [3.05, 3.63) is 47.6 Å². The molecule has 5 heteroatoms. The van der Waals surface area contributed by atoms with E-state index in [0.29, 0.717) is 11.6 Å². The predicted octanol–water partition coefficient (Wildman–Crippen LogP) is 5.48. The lowest BCUT2D eigenvalue weighted by molar-refractivity contribution is 0.608. The van der Waals surface area contributed by atoms with Crippen molar-refractivity contribution < 1.29 is 0 Å². The summed E-state index contributed by atoms with van der Waals surface area (Å²) in [5.41, 5.74) is 3.03. The van der Waals surface area contributed by atoms with Crippen molar-refractivity contribution in [2.45, 2.75) is 25.3 Å². The van der Waals surface area contributed by atoms with Crippen LogP contribution in [0.4, 0.5) is 5.69 Å². The Morgan fingerprint density at radius 1 is 1.40 bits per heavy atom. The van der Waals surface area contributed by atoms with Crippen molar-refractivity contribution in [2.24, 2.45) is 0 Å². The van der Waals surface area contributed by atoms with E-state index in [1.807, 2.05) is 29.5 Å². The monoisotopic (exact) mass is 458 g/mol. The van der Waals surface area contributed by atoms with Gasteiger partial charge in [0, 0.05) is 9.35 Å². The largest absolute Gasteiger partial charge is 0.377 e. The van der Waals surface area contributed by atoms with Crippen LogP contribution in [0.5, 0.6) is 0 Å². The summed E-state index contributed by atoms with van der Waals surface area (Å²) in [7, 11) is 0. The second-order valence-corrected chi connectivity index (χ2v) is 8.77. The van der Waals surface area contributed by atoms with Crippen molar-refractivity contribution in [3.8, 4) is 6.07 Å². The number of rotatable bonds is 2. The third-order valence-corrected chi connectivity index (χ3v) is 5.98. The van der Waals surface area contributed by atoms with Crippen molar-refractivity contribution in [1.29, 1.82) is 5.26 Å². The first kappa shape index (κ1) is 14.4. The maximum atomic E-state index is 9.23. The molecule has 1 aliphatic rings. The molecule has 0 saturated heterocycles. The van der Waals surface area contributed by atoms with Crippen LogP contribution in [0.25, 0.3) is 0 Å². The summed E-state index contributed by atoms with van der Waals surface area (Å²) in [5, 5.41) is 12.8. The highest BCUT2D eigenvalue weighted by Crippen LogP contribution is 2.38. The Balaban J connectivity index is 1.93. The zero-order valence-corrected chi connectivity index (χ0v) is 15.2. The van der Waals surface area contributed by atoms with Gasteiger partial charge in [-0.2, -0.15) is 5.26 Å². The number of nitrogens with one attached hydrogen (secondary N) is 1. The summed E-state index contributed by atoms with van der Waals surface area (Å²) in [6, 6.07) is 10.6. The minimum Gasteiger partial charge on any atom is -0.377 e. The number of halogens is 2. The zero-order valence-electron chi connectivity index (χ0n) is 10.6. The summed E-state index contributed by atoms with van der Waals surface area (Å²) < 4.78 is 2.34. The molecule has 0 radical (unpaired) electrons. The SMILES string of the molecule is N#Cc1ccc(Br)cc1NC1CCCc2sc(I)cc21. The van der Waals surface area contributed by atoms with Gasteiger partial charge in [0.05, 0.1) is 20.2 Å². The topological polar surface area (TPSA) is 35.8 Å². The van der Waals surface area contributed by atoms with E-state index in [0.717, 1.165) is 16.6 Å². The smallest absolute Gasteiger partial charge is 0.101 e. The maximum Gasteiger partial charge on any atom is 0.101 e. The van der Waals surface area contributed by atoms with Crippen molar-refractivity contribution >= 4 is 55.5 Å². The Labute approximate surface area is 144 Å². The highest BCUT2D eigenvalue weighted by atomic mass is 127. The second-order valence-electron chi connectivity index (χ2n) is 4.82. The van der Waals surface area contributed by atoms with Gasteiger partial charge >= 0.3 is 0 Å². The van der Waals surface area contributed by atoms with Crippen LogP contribution >= 0.6 is 49.9 Å². The number of nitriles is 1. The average Bonchev–Trinajstić information content (AvgIpc) is 2.80. The van der Waals surface area contributed by atoms with Crippen molar-refractivity contribution in [1.82, 2.24) is 0 Å². The minimum atomic E-state index is 0.319. The van der Waals surface area contributed by atoms with Gasteiger partial charge in [-0.05, 0) is 71.7 Å². The Morgan fingerprint density at radius 2 is 2.25 bits per heavy atom. The first-order chi connectivity index (χ1) is 9.67. The van der Waals surface area contributed by atoms with Crippen LogP contribution < -0.4 is 5.32 Å². The standard InChI is InChI=1S/C15H12BrIN2S/c16-10-5-4-9(8-18)13(6-10)19-12-2-1-3-14-11(12)7-15(17)20-14/h4-7,12,19H,1-3H2. The molecule has 1 unspecified atom stereocenters. The molecule has 20 heavy (non-hydrogen) atoms. The molecule has 0 bridgehead atoms. The van der Waals surface area contributed by atoms with E-state index in [-0.39, 0.29) is 0 Å². The molecule has 1 atom stereocenters. The van der Waals surface area contributed by atoms with Crippen LogP contribution in [-0.2, 0) is 6.42 Å². The number of fused-ring (bicyclic) bond motifs is 1. The van der Waals surface area contributed by atoms with Crippen LogP contribution in [-0.4, -0.2) is 0 Å². The predicted molar refractivity (Wildman–Crippen MR) is 95.2 cm³/mol. The highest BCUT2D eigenvalue weighted by Gasteiger charge is 2.23. The van der Waals surface area contributed by atoms with Gasteiger partial charge in [0.2, 0.25) is 0 Å². The van der Waals surface area contributed by atoms with E-state index in [1.54, 1.807) is 0 Å². The van der Waals surface area contributed by atoms with E-state index in [9.17, 15) is 5.26 Å². The Kier molecular flexibility index (Phi) is 4.34. The lowest BCUT2D eigenvalue weighted by Gasteiger charge is -2.25. The van der Waals surface area contributed by atoms with Gasteiger partial charge in [-0.1, -0.05) is 15.9 Å². The normalized spacial score (nSPS) is 17.4. The molecule has 1 aromatic carbocycles. The summed E-state index contributed by atoms with van der Waals surface area (Å²) in [6.45, 7) is 0. The Hall–Kier alpha value is -0.580. The fourth-order valence-electron chi connectivity index (χ4n) is 2.59. The van der Waals surface area contributed by atoms with Gasteiger partial charge in [-0.3, -0.25) is 0 Å². The summed E-state index contributed by atoms with van der Waals surface area (Å²) in [4.78, 5) is 1.49. The van der Waals surface area contributed by atoms with E-state index in [2.05, 4.69) is 56.0 Å². The molecule has 0 spiro atoms. The molecule has 0 fully saturated rings. The van der Waals surface area contributed by atoms with E-state index >= 15 is 0 Å². The number of thiophene rings is 1. The first-order valence-corrected chi connectivity index (χ1v) is 9.10. The molecule has 0 amide bonds. The lowest BCUT2D eigenvalue weighted by Crippen LogP contribution is -2.16. The summed E-state index contributed by atoms with van der Waals surface area (Å²) in [6.07, 6.45) is 3.51. The van der Waals surface area contributed by atoms with Crippen LogP contribution in [0.1, 0.15) is 34.9 Å². The average molecular weight is 459 g/mol. The van der Waals surface area contributed by atoms with Gasteiger partial charge in [0.1, 0.15) is 6.07 Å². The highest BCUT2D eigenvalue weighted by molar-refractivity contribution is 14.1. The molecule has 0 saturated carbocycles. The van der Waals surface area contributed by atoms with Crippen molar-refractivity contribution in [3.63, 3.8) is 0 Å². The molecule has 3 rings (SSSR count). The Morgan fingerprint density at radius 3 is 3.05 bits per heavy atom. The van der Waals surface area contributed by atoms with E-state index < -0.39 is 0 Å². The van der Waals surface area contributed by atoms with Gasteiger partial charge in [-0.25, -0.2) is 0 Å². The summed E-state index contributed by atoms with van der Waals surface area (Å²) in [5.74, 6) is 0. The van der Waals surface area contributed by atoms with Gasteiger partial charge in [0.15, 0.2) is 0 Å².